The van der Waals surface area contributed by atoms with E-state index < -0.39 is 5.82 Å². The van der Waals surface area contributed by atoms with Crippen LogP contribution in [0.25, 0.3) is 0 Å². The van der Waals surface area contributed by atoms with E-state index in [1.807, 2.05) is 0 Å². The Balaban J connectivity index is 1.53. The Hall–Kier alpha value is -1.66. The van der Waals surface area contributed by atoms with Crippen LogP contribution < -0.4 is 10.1 Å². The number of nitrogens with one attached hydrogen (secondary N) is 1. The van der Waals surface area contributed by atoms with Crippen LogP contribution in [0.4, 0.5) is 4.39 Å². The first-order chi connectivity index (χ1) is 12.2. The predicted octanol–water partition coefficient (Wildman–Crippen LogP) is 2.36. The third kappa shape index (κ3) is 4.70. The minimum absolute atomic E-state index is 0.0235. The molecule has 1 aromatic rings. The Bertz CT molecular complexity index is 570. The van der Waals surface area contributed by atoms with Gasteiger partial charge in [-0.3, -0.25) is 9.69 Å². The lowest BCUT2D eigenvalue weighted by Gasteiger charge is -2.48. The summed E-state index contributed by atoms with van der Waals surface area (Å²) in [5, 5.41) is 3.01. The van der Waals surface area contributed by atoms with E-state index in [2.05, 4.69) is 10.2 Å². The Morgan fingerprint density at radius 1 is 1.20 bits per heavy atom. The second-order valence-corrected chi connectivity index (χ2v) is 6.88. The van der Waals surface area contributed by atoms with Gasteiger partial charge in [-0.1, -0.05) is 31.4 Å². The molecule has 5 nitrogen and oxygen atoms in total. The van der Waals surface area contributed by atoms with Crippen LogP contribution in [0.1, 0.15) is 32.1 Å². The number of rotatable bonds is 6. The zero-order valence-electron chi connectivity index (χ0n) is 14.6. The van der Waals surface area contributed by atoms with E-state index in [1.165, 1.54) is 31.4 Å². The molecule has 0 bridgehead atoms. The molecule has 0 aromatic heterocycles. The number of ether oxygens (including phenoxy) is 2. The van der Waals surface area contributed by atoms with Crippen molar-refractivity contribution in [3.05, 3.63) is 30.1 Å². The molecule has 1 aliphatic carbocycles. The fraction of sp³-hybridized carbons (Fsp3) is 0.632. The van der Waals surface area contributed by atoms with Crippen LogP contribution in [0.2, 0.25) is 0 Å². The van der Waals surface area contributed by atoms with E-state index in [-0.39, 0.29) is 23.8 Å². The van der Waals surface area contributed by atoms with Crippen molar-refractivity contribution in [2.45, 2.75) is 37.6 Å². The molecule has 3 rings (SSSR count). The summed E-state index contributed by atoms with van der Waals surface area (Å²) < 4.78 is 24.3. The number of nitrogens with zero attached hydrogens (tertiary/aromatic N) is 1. The van der Waals surface area contributed by atoms with Crippen molar-refractivity contribution in [2.75, 3.05) is 39.5 Å². The first-order valence-electron chi connectivity index (χ1n) is 9.16. The van der Waals surface area contributed by atoms with Crippen molar-refractivity contribution < 1.29 is 18.7 Å². The Labute approximate surface area is 148 Å². The number of hydrogen-bond acceptors (Lipinski definition) is 4. The summed E-state index contributed by atoms with van der Waals surface area (Å²) in [6.45, 7) is 3.80. The zero-order chi connectivity index (χ0) is 17.5. The first kappa shape index (κ1) is 18.1. The highest BCUT2D eigenvalue weighted by atomic mass is 19.1. The summed E-state index contributed by atoms with van der Waals surface area (Å²) in [6.07, 6.45) is 5.84. The van der Waals surface area contributed by atoms with Gasteiger partial charge in [0.05, 0.1) is 13.2 Å². The highest BCUT2D eigenvalue weighted by Gasteiger charge is 2.38. The summed E-state index contributed by atoms with van der Waals surface area (Å²) in [6, 6.07) is 6.13. The number of benzene rings is 1. The van der Waals surface area contributed by atoms with Gasteiger partial charge in [0.2, 0.25) is 0 Å². The first-order valence-corrected chi connectivity index (χ1v) is 9.16. The summed E-state index contributed by atoms with van der Waals surface area (Å²) in [4.78, 5) is 14.7. The van der Waals surface area contributed by atoms with Gasteiger partial charge in [-0.25, -0.2) is 4.39 Å². The number of carbonyl (C=O) groups is 1. The fourth-order valence-electron chi connectivity index (χ4n) is 3.87. The van der Waals surface area contributed by atoms with Gasteiger partial charge in [-0.05, 0) is 25.0 Å². The van der Waals surface area contributed by atoms with Crippen LogP contribution in [0.15, 0.2) is 24.3 Å². The monoisotopic (exact) mass is 350 g/mol. The Morgan fingerprint density at radius 2 is 1.92 bits per heavy atom. The van der Waals surface area contributed by atoms with Crippen molar-refractivity contribution in [1.29, 1.82) is 0 Å². The van der Waals surface area contributed by atoms with Gasteiger partial charge in [-0.2, -0.15) is 0 Å². The maximum Gasteiger partial charge on any atom is 0.258 e. The van der Waals surface area contributed by atoms with Crippen molar-refractivity contribution in [3.63, 3.8) is 0 Å². The van der Waals surface area contributed by atoms with Crippen molar-refractivity contribution in [1.82, 2.24) is 10.2 Å². The van der Waals surface area contributed by atoms with Crippen LogP contribution in [0.5, 0.6) is 5.75 Å². The van der Waals surface area contributed by atoms with Gasteiger partial charge >= 0.3 is 0 Å². The number of hydrogen-bond donors (Lipinski definition) is 1. The minimum atomic E-state index is -0.452. The standard InChI is InChI=1S/C19H27FN2O3/c20-16-6-2-3-7-17(16)25-14-18(23)21-15-19(8-4-1-5-9-19)22-10-12-24-13-11-22/h2-3,6-7H,1,4-5,8-15H2,(H,21,23). The van der Waals surface area contributed by atoms with Crippen molar-refractivity contribution >= 4 is 5.91 Å². The van der Waals surface area contributed by atoms with E-state index in [0.29, 0.717) is 6.54 Å². The molecule has 2 aliphatic rings. The molecule has 1 saturated heterocycles. The molecular weight excluding hydrogens is 323 g/mol. The Kier molecular flexibility index (Phi) is 6.26. The van der Waals surface area contributed by atoms with Crippen LogP contribution in [0.3, 0.4) is 0 Å². The van der Waals surface area contributed by atoms with Crippen LogP contribution in [0, 0.1) is 5.82 Å². The molecule has 1 amide bonds. The van der Waals surface area contributed by atoms with E-state index in [4.69, 9.17) is 9.47 Å². The van der Waals surface area contributed by atoms with E-state index in [1.54, 1.807) is 12.1 Å². The molecule has 0 radical (unpaired) electrons. The summed E-state index contributed by atoms with van der Waals surface area (Å²) in [7, 11) is 0. The van der Waals surface area contributed by atoms with Crippen molar-refractivity contribution in [2.24, 2.45) is 0 Å². The number of morpholine rings is 1. The van der Waals surface area contributed by atoms with E-state index >= 15 is 0 Å². The molecule has 1 N–H and O–H groups in total. The molecule has 6 heteroatoms. The molecule has 0 spiro atoms. The summed E-state index contributed by atoms with van der Waals surface area (Å²) in [5.74, 6) is -0.549. The SMILES string of the molecule is O=C(COc1ccccc1F)NCC1(N2CCOCC2)CCCCC1. The predicted molar refractivity (Wildman–Crippen MR) is 93.1 cm³/mol. The zero-order valence-corrected chi connectivity index (χ0v) is 14.6. The maximum atomic E-state index is 13.5. The second kappa shape index (κ2) is 8.63. The highest BCUT2D eigenvalue weighted by molar-refractivity contribution is 5.77. The topological polar surface area (TPSA) is 50.8 Å². The van der Waals surface area contributed by atoms with E-state index in [0.717, 1.165) is 39.1 Å². The fourth-order valence-corrected chi connectivity index (χ4v) is 3.87. The smallest absolute Gasteiger partial charge is 0.258 e. The minimum Gasteiger partial charge on any atom is -0.481 e. The van der Waals surface area contributed by atoms with Crippen LogP contribution >= 0.6 is 0 Å². The van der Waals surface area contributed by atoms with Crippen LogP contribution in [-0.2, 0) is 9.53 Å². The lowest BCUT2D eigenvalue weighted by Crippen LogP contribution is -2.60. The summed E-state index contributed by atoms with van der Waals surface area (Å²) >= 11 is 0. The maximum absolute atomic E-state index is 13.5. The summed E-state index contributed by atoms with van der Waals surface area (Å²) in [5.41, 5.74) is 0.0235. The number of amides is 1. The molecule has 0 atom stereocenters. The molecule has 0 unspecified atom stereocenters. The normalized spacial score (nSPS) is 20.8. The lowest BCUT2D eigenvalue weighted by molar-refractivity contribution is -0.124. The quantitative estimate of drug-likeness (QED) is 0.856. The lowest BCUT2D eigenvalue weighted by atomic mass is 9.79. The van der Waals surface area contributed by atoms with Crippen molar-refractivity contribution in [3.8, 4) is 5.75 Å². The molecular formula is C19H27FN2O3. The van der Waals surface area contributed by atoms with Gasteiger partial charge in [-0.15, -0.1) is 0 Å². The highest BCUT2D eigenvalue weighted by Crippen LogP contribution is 2.33. The second-order valence-electron chi connectivity index (χ2n) is 6.88. The molecule has 1 aromatic carbocycles. The van der Waals surface area contributed by atoms with Gasteiger partial charge in [0.15, 0.2) is 18.2 Å². The molecule has 25 heavy (non-hydrogen) atoms. The largest absolute Gasteiger partial charge is 0.481 e. The third-order valence-electron chi connectivity index (χ3n) is 5.28. The van der Waals surface area contributed by atoms with Crippen LogP contribution in [-0.4, -0.2) is 55.8 Å². The van der Waals surface area contributed by atoms with Gasteiger partial charge in [0.1, 0.15) is 0 Å². The number of halogens is 1. The number of carbonyl (C=O) groups excluding carboxylic acids is 1. The molecule has 2 fully saturated rings. The third-order valence-corrected chi connectivity index (χ3v) is 5.28. The molecule has 1 heterocycles. The van der Waals surface area contributed by atoms with Gasteiger partial charge in [0.25, 0.3) is 5.91 Å². The number of para-hydroxylation sites is 1. The molecule has 1 aliphatic heterocycles. The Morgan fingerprint density at radius 3 is 2.64 bits per heavy atom. The molecule has 138 valence electrons. The molecule has 1 saturated carbocycles. The average Bonchev–Trinajstić information content (AvgIpc) is 2.67. The van der Waals surface area contributed by atoms with Gasteiger partial charge in [0, 0.05) is 25.2 Å². The van der Waals surface area contributed by atoms with E-state index in [9.17, 15) is 9.18 Å². The van der Waals surface area contributed by atoms with Gasteiger partial charge < -0.3 is 14.8 Å². The average molecular weight is 350 g/mol.